The van der Waals surface area contributed by atoms with Gasteiger partial charge in [0.1, 0.15) is 0 Å². The van der Waals surface area contributed by atoms with Crippen LogP contribution in [0, 0.1) is 0 Å². The molecule has 1 nitrogen and oxygen atoms in total. The molecule has 164 valence electrons. The Bertz CT molecular complexity index is 1580. The molecule has 0 fully saturated rings. The Balaban J connectivity index is 1.67. The molecule has 0 amide bonds. The van der Waals surface area contributed by atoms with Crippen molar-refractivity contribution in [2.45, 2.75) is 0 Å². The minimum Gasteiger partial charge on any atom is -0.248 e. The van der Waals surface area contributed by atoms with E-state index in [2.05, 4.69) is 146 Å². The van der Waals surface area contributed by atoms with Gasteiger partial charge >= 0.3 is 0 Å². The molecule has 5 aromatic carbocycles. The molecule has 0 radical (unpaired) electrons. The van der Waals surface area contributed by atoms with E-state index in [9.17, 15) is 0 Å². The molecule has 0 aliphatic rings. The molecular formula is C33H24BN. The fraction of sp³-hybridized carbons (Fsp3) is 0. The van der Waals surface area contributed by atoms with Crippen LogP contribution in [0.25, 0.3) is 33.2 Å². The van der Waals surface area contributed by atoms with Crippen LogP contribution in [0.5, 0.6) is 0 Å². The van der Waals surface area contributed by atoms with Gasteiger partial charge in [0.25, 0.3) is 0 Å². The Morgan fingerprint density at radius 1 is 0.486 bits per heavy atom. The fourth-order valence-corrected chi connectivity index (χ4v) is 4.99. The van der Waals surface area contributed by atoms with Gasteiger partial charge in [-0.15, -0.1) is 0 Å². The van der Waals surface area contributed by atoms with E-state index in [1.54, 1.807) is 0 Å². The van der Waals surface area contributed by atoms with Crippen LogP contribution in [0.15, 0.2) is 140 Å². The second-order valence-corrected chi connectivity index (χ2v) is 8.78. The lowest BCUT2D eigenvalue weighted by Crippen LogP contribution is -2.43. The van der Waals surface area contributed by atoms with Crippen LogP contribution >= 0.6 is 0 Å². The van der Waals surface area contributed by atoms with Gasteiger partial charge in [-0.3, -0.25) is 0 Å². The lowest BCUT2D eigenvalue weighted by atomic mass is 9.35. The number of benzene rings is 5. The number of fused-ring (bicyclic) bond motifs is 3. The van der Waals surface area contributed by atoms with E-state index in [1.807, 2.05) is 0 Å². The summed E-state index contributed by atoms with van der Waals surface area (Å²) < 4.78 is 0. The topological polar surface area (TPSA) is 12.9 Å². The standard InChI is InChI=1S/C33H24BN/c1-4-14-25(15-5-1)31(34(26-16-6-2-7-17-26)27-18-8-3-9-19-27)24-33-30-22-11-10-20-28(30)29-21-12-13-23-32(29)35-33/h1-24H/b31-24+. The van der Waals surface area contributed by atoms with Crippen LogP contribution < -0.4 is 10.9 Å². The molecule has 2 heteroatoms. The van der Waals surface area contributed by atoms with Crippen molar-refractivity contribution in [3.63, 3.8) is 0 Å². The molecule has 0 saturated carbocycles. The number of pyridine rings is 1. The van der Waals surface area contributed by atoms with Crippen molar-refractivity contribution >= 4 is 50.9 Å². The van der Waals surface area contributed by atoms with Gasteiger partial charge in [-0.05, 0) is 23.1 Å². The Morgan fingerprint density at radius 2 is 0.971 bits per heavy atom. The molecule has 0 bridgehead atoms. The highest BCUT2D eigenvalue weighted by molar-refractivity contribution is 7.00. The van der Waals surface area contributed by atoms with Crippen molar-refractivity contribution < 1.29 is 0 Å². The Morgan fingerprint density at radius 3 is 1.60 bits per heavy atom. The average Bonchev–Trinajstić information content (AvgIpc) is 2.94. The van der Waals surface area contributed by atoms with Gasteiger partial charge in [-0.1, -0.05) is 150 Å². The largest absolute Gasteiger partial charge is 0.248 e. The van der Waals surface area contributed by atoms with Crippen molar-refractivity contribution in [2.24, 2.45) is 0 Å². The smallest absolute Gasteiger partial charge is 0.242 e. The van der Waals surface area contributed by atoms with Crippen LogP contribution in [0.3, 0.4) is 0 Å². The third-order valence-electron chi connectivity index (χ3n) is 6.61. The molecule has 0 N–H and O–H groups in total. The molecule has 0 spiro atoms. The fourth-order valence-electron chi connectivity index (χ4n) is 4.99. The van der Waals surface area contributed by atoms with Crippen molar-refractivity contribution in [1.82, 2.24) is 4.98 Å². The number of aromatic nitrogens is 1. The molecule has 1 aromatic heterocycles. The van der Waals surface area contributed by atoms with E-state index in [0.717, 1.165) is 11.2 Å². The highest BCUT2D eigenvalue weighted by Crippen LogP contribution is 2.29. The Kier molecular flexibility index (Phi) is 5.70. The van der Waals surface area contributed by atoms with Crippen LogP contribution in [0.2, 0.25) is 0 Å². The Hall–Kier alpha value is -4.43. The molecule has 0 unspecified atom stereocenters. The van der Waals surface area contributed by atoms with Crippen LogP contribution in [-0.2, 0) is 0 Å². The van der Waals surface area contributed by atoms with E-state index in [0.29, 0.717) is 0 Å². The molecular weight excluding hydrogens is 421 g/mol. The van der Waals surface area contributed by atoms with E-state index >= 15 is 0 Å². The van der Waals surface area contributed by atoms with Crippen LogP contribution in [0.1, 0.15) is 11.3 Å². The highest BCUT2D eigenvalue weighted by atomic mass is 14.7. The maximum atomic E-state index is 5.16. The quantitative estimate of drug-likeness (QED) is 0.211. The van der Waals surface area contributed by atoms with Crippen molar-refractivity contribution in [1.29, 1.82) is 0 Å². The van der Waals surface area contributed by atoms with Gasteiger partial charge in [-0.2, -0.15) is 0 Å². The lowest BCUT2D eigenvalue weighted by Gasteiger charge is -2.20. The first-order chi connectivity index (χ1) is 17.4. The molecule has 6 aromatic rings. The minimum absolute atomic E-state index is 0.0758. The van der Waals surface area contributed by atoms with E-state index < -0.39 is 0 Å². The lowest BCUT2D eigenvalue weighted by molar-refractivity contribution is 1.40. The van der Waals surface area contributed by atoms with Gasteiger partial charge < -0.3 is 0 Å². The summed E-state index contributed by atoms with van der Waals surface area (Å²) in [6.45, 7) is 0.0758. The molecule has 0 saturated heterocycles. The normalized spacial score (nSPS) is 11.6. The summed E-state index contributed by atoms with van der Waals surface area (Å²) in [6, 6.07) is 49.2. The predicted molar refractivity (Wildman–Crippen MR) is 151 cm³/mol. The summed E-state index contributed by atoms with van der Waals surface area (Å²) in [6.07, 6.45) is 2.30. The molecule has 6 rings (SSSR count). The summed E-state index contributed by atoms with van der Waals surface area (Å²) in [4.78, 5) is 5.16. The van der Waals surface area contributed by atoms with Crippen LogP contribution in [-0.4, -0.2) is 11.7 Å². The van der Waals surface area contributed by atoms with E-state index in [1.165, 1.54) is 38.1 Å². The monoisotopic (exact) mass is 445 g/mol. The predicted octanol–water partition coefficient (Wildman–Crippen LogP) is 6.78. The van der Waals surface area contributed by atoms with E-state index in [4.69, 9.17) is 4.98 Å². The summed E-state index contributed by atoms with van der Waals surface area (Å²) in [5.41, 5.74) is 6.97. The molecule has 35 heavy (non-hydrogen) atoms. The zero-order valence-corrected chi connectivity index (χ0v) is 19.4. The number of hydrogen-bond donors (Lipinski definition) is 0. The SMILES string of the molecule is C(=C(\B(c1ccccc1)c1ccccc1)c1ccccc1)/c1nc2ccccc2c2ccccc12. The third-order valence-corrected chi connectivity index (χ3v) is 6.61. The first-order valence-electron chi connectivity index (χ1n) is 12.0. The average molecular weight is 445 g/mol. The van der Waals surface area contributed by atoms with Gasteiger partial charge in [0, 0.05) is 10.8 Å². The molecule has 0 atom stereocenters. The summed E-state index contributed by atoms with van der Waals surface area (Å²) in [5.74, 6) is 0. The first kappa shape index (κ1) is 21.1. The number of rotatable bonds is 5. The van der Waals surface area contributed by atoms with Crippen molar-refractivity contribution in [3.05, 3.63) is 151 Å². The second-order valence-electron chi connectivity index (χ2n) is 8.78. The van der Waals surface area contributed by atoms with E-state index in [-0.39, 0.29) is 6.71 Å². The molecule has 0 aliphatic heterocycles. The summed E-state index contributed by atoms with van der Waals surface area (Å²) >= 11 is 0. The van der Waals surface area contributed by atoms with Crippen LogP contribution in [0.4, 0.5) is 0 Å². The highest BCUT2D eigenvalue weighted by Gasteiger charge is 2.25. The number of para-hydroxylation sites is 1. The zero-order chi connectivity index (χ0) is 23.5. The van der Waals surface area contributed by atoms with Gasteiger partial charge in [0.05, 0.1) is 11.2 Å². The second kappa shape index (κ2) is 9.44. The number of hydrogen-bond acceptors (Lipinski definition) is 1. The maximum Gasteiger partial charge on any atom is 0.242 e. The van der Waals surface area contributed by atoms with Gasteiger partial charge in [-0.25, -0.2) is 4.98 Å². The van der Waals surface area contributed by atoms with Gasteiger partial charge in [0.2, 0.25) is 6.71 Å². The maximum absolute atomic E-state index is 5.16. The van der Waals surface area contributed by atoms with Crippen molar-refractivity contribution in [3.8, 4) is 0 Å². The number of nitrogens with zero attached hydrogens (tertiary/aromatic N) is 1. The minimum atomic E-state index is 0.0758. The summed E-state index contributed by atoms with van der Waals surface area (Å²) in [7, 11) is 0. The Labute approximate surface area is 206 Å². The van der Waals surface area contributed by atoms with Gasteiger partial charge in [0.15, 0.2) is 0 Å². The first-order valence-corrected chi connectivity index (χ1v) is 12.0. The zero-order valence-electron chi connectivity index (χ0n) is 19.4. The molecule has 0 aliphatic carbocycles. The third kappa shape index (κ3) is 4.15. The summed E-state index contributed by atoms with van der Waals surface area (Å²) in [5, 5.41) is 3.58. The van der Waals surface area contributed by atoms with Crippen molar-refractivity contribution in [2.75, 3.05) is 0 Å². The molecule has 1 heterocycles.